The van der Waals surface area contributed by atoms with E-state index in [1.807, 2.05) is 25.8 Å². The summed E-state index contributed by atoms with van der Waals surface area (Å²) in [6.07, 6.45) is -3.65. The summed E-state index contributed by atoms with van der Waals surface area (Å²) < 4.78 is 65.3. The molecule has 1 rings (SSSR count). The second-order valence-corrected chi connectivity index (χ2v) is 7.38. The molecule has 0 fully saturated rings. The zero-order valence-corrected chi connectivity index (χ0v) is 14.6. The molecule has 1 atom stereocenters. The van der Waals surface area contributed by atoms with E-state index in [-0.39, 0.29) is 17.0 Å². The standard InChI is InChI=1S/C15H23F3N2O2S/c1-5-12(3)20(4)9-8-19-23(21,22)13-7-6-11(2)14(10-13)15(16,17)18/h6-7,10,12,19H,5,8-9H2,1-4H3. The second kappa shape index (κ2) is 7.63. The Hall–Kier alpha value is -1.12. The summed E-state index contributed by atoms with van der Waals surface area (Å²) in [7, 11) is -2.09. The topological polar surface area (TPSA) is 49.4 Å². The lowest BCUT2D eigenvalue weighted by molar-refractivity contribution is -0.138. The van der Waals surface area contributed by atoms with E-state index in [0.717, 1.165) is 6.42 Å². The molecule has 0 spiro atoms. The van der Waals surface area contributed by atoms with Crippen LogP contribution in [0.25, 0.3) is 0 Å². The van der Waals surface area contributed by atoms with Gasteiger partial charge in [0.1, 0.15) is 0 Å². The van der Waals surface area contributed by atoms with Crippen LogP contribution in [0.15, 0.2) is 23.1 Å². The normalized spacial score (nSPS) is 14.3. The lowest BCUT2D eigenvalue weighted by Crippen LogP contribution is -2.37. The molecule has 8 heteroatoms. The van der Waals surface area contributed by atoms with Gasteiger partial charge in [-0.3, -0.25) is 0 Å². The number of benzene rings is 1. The summed E-state index contributed by atoms with van der Waals surface area (Å²) in [5.74, 6) is 0. The number of alkyl halides is 3. The smallest absolute Gasteiger partial charge is 0.302 e. The van der Waals surface area contributed by atoms with Crippen LogP contribution in [0.2, 0.25) is 0 Å². The molecule has 0 aliphatic heterocycles. The number of nitrogens with zero attached hydrogens (tertiary/aromatic N) is 1. The molecule has 1 aromatic carbocycles. The first kappa shape index (κ1) is 19.9. The molecule has 23 heavy (non-hydrogen) atoms. The van der Waals surface area contributed by atoms with Crippen molar-refractivity contribution in [1.82, 2.24) is 9.62 Å². The van der Waals surface area contributed by atoms with Crippen molar-refractivity contribution in [2.24, 2.45) is 0 Å². The molecule has 1 N–H and O–H groups in total. The maximum Gasteiger partial charge on any atom is 0.416 e. The fourth-order valence-corrected chi connectivity index (χ4v) is 3.09. The van der Waals surface area contributed by atoms with Crippen molar-refractivity contribution in [3.63, 3.8) is 0 Å². The highest BCUT2D eigenvalue weighted by molar-refractivity contribution is 7.89. The molecule has 0 saturated heterocycles. The van der Waals surface area contributed by atoms with Gasteiger partial charge in [-0.2, -0.15) is 13.2 Å². The van der Waals surface area contributed by atoms with Gasteiger partial charge < -0.3 is 4.90 Å². The molecule has 0 aromatic heterocycles. The Kier molecular flexibility index (Phi) is 6.61. The summed E-state index contributed by atoms with van der Waals surface area (Å²) in [5, 5.41) is 0. The molecule has 1 aromatic rings. The van der Waals surface area contributed by atoms with E-state index in [9.17, 15) is 21.6 Å². The number of likely N-dealkylation sites (N-methyl/N-ethyl adjacent to an activating group) is 1. The van der Waals surface area contributed by atoms with Gasteiger partial charge in [-0.15, -0.1) is 0 Å². The molecule has 0 radical (unpaired) electrons. The Morgan fingerprint density at radius 2 is 1.91 bits per heavy atom. The van der Waals surface area contributed by atoms with Gasteiger partial charge in [-0.05, 0) is 45.0 Å². The summed E-state index contributed by atoms with van der Waals surface area (Å²) in [6, 6.07) is 3.33. The summed E-state index contributed by atoms with van der Waals surface area (Å²) in [5.41, 5.74) is -0.940. The van der Waals surface area contributed by atoms with E-state index < -0.39 is 21.8 Å². The Morgan fingerprint density at radius 3 is 2.43 bits per heavy atom. The Labute approximate surface area is 135 Å². The lowest BCUT2D eigenvalue weighted by atomic mass is 10.1. The van der Waals surface area contributed by atoms with E-state index in [4.69, 9.17) is 0 Å². The monoisotopic (exact) mass is 352 g/mol. The van der Waals surface area contributed by atoms with Crippen LogP contribution in [0.1, 0.15) is 31.4 Å². The predicted molar refractivity (Wildman–Crippen MR) is 83.8 cm³/mol. The molecule has 0 heterocycles. The Morgan fingerprint density at radius 1 is 1.30 bits per heavy atom. The molecule has 4 nitrogen and oxygen atoms in total. The molecule has 0 aliphatic rings. The molecule has 0 amide bonds. The number of hydrogen-bond donors (Lipinski definition) is 1. The summed E-state index contributed by atoms with van der Waals surface area (Å²) >= 11 is 0. The molecular weight excluding hydrogens is 329 g/mol. The number of halogens is 3. The van der Waals surface area contributed by atoms with Crippen LogP contribution >= 0.6 is 0 Å². The zero-order chi connectivity index (χ0) is 17.8. The van der Waals surface area contributed by atoms with Crippen LogP contribution in [0.3, 0.4) is 0 Å². The van der Waals surface area contributed by atoms with Crippen LogP contribution in [0, 0.1) is 6.92 Å². The summed E-state index contributed by atoms with van der Waals surface area (Å²) in [6.45, 7) is 5.96. The SMILES string of the molecule is CCC(C)N(C)CCNS(=O)(=O)c1ccc(C)c(C(F)(F)F)c1. The number of rotatable bonds is 7. The average Bonchev–Trinajstić information content (AvgIpc) is 2.45. The number of aryl methyl sites for hydroxylation is 1. The van der Waals surface area contributed by atoms with Crippen molar-refractivity contribution in [3.8, 4) is 0 Å². The van der Waals surface area contributed by atoms with Gasteiger partial charge in [0.15, 0.2) is 0 Å². The lowest BCUT2D eigenvalue weighted by Gasteiger charge is -2.23. The van der Waals surface area contributed by atoms with Crippen LogP contribution in [0.4, 0.5) is 13.2 Å². The highest BCUT2D eigenvalue weighted by atomic mass is 32.2. The van der Waals surface area contributed by atoms with Crippen LogP contribution in [-0.4, -0.2) is 39.5 Å². The molecule has 0 aliphatic carbocycles. The third-order valence-corrected chi connectivity index (χ3v) is 5.38. The van der Waals surface area contributed by atoms with Crippen molar-refractivity contribution in [2.75, 3.05) is 20.1 Å². The number of sulfonamides is 1. The molecule has 132 valence electrons. The molecule has 0 bridgehead atoms. The largest absolute Gasteiger partial charge is 0.416 e. The fraction of sp³-hybridized carbons (Fsp3) is 0.600. The first-order chi connectivity index (χ1) is 10.5. The molecule has 1 unspecified atom stereocenters. The third-order valence-electron chi connectivity index (χ3n) is 3.92. The van der Waals surface area contributed by atoms with E-state index in [1.165, 1.54) is 19.1 Å². The van der Waals surface area contributed by atoms with Crippen molar-refractivity contribution in [1.29, 1.82) is 0 Å². The van der Waals surface area contributed by atoms with Crippen molar-refractivity contribution in [3.05, 3.63) is 29.3 Å². The van der Waals surface area contributed by atoms with Crippen LogP contribution < -0.4 is 4.72 Å². The maximum absolute atomic E-state index is 12.9. The predicted octanol–water partition coefficient (Wildman–Crippen LogP) is 3.02. The minimum atomic E-state index is -4.58. The average molecular weight is 352 g/mol. The highest BCUT2D eigenvalue weighted by Crippen LogP contribution is 2.33. The first-order valence-corrected chi connectivity index (χ1v) is 8.85. The quantitative estimate of drug-likeness (QED) is 0.821. The van der Waals surface area contributed by atoms with Gasteiger partial charge >= 0.3 is 6.18 Å². The van der Waals surface area contributed by atoms with Crippen LogP contribution in [0.5, 0.6) is 0 Å². The fourth-order valence-electron chi connectivity index (χ4n) is 2.05. The number of nitrogens with one attached hydrogen (secondary N) is 1. The number of hydrogen-bond acceptors (Lipinski definition) is 3. The third kappa shape index (κ3) is 5.47. The zero-order valence-electron chi connectivity index (χ0n) is 13.7. The molecule has 0 saturated carbocycles. The van der Waals surface area contributed by atoms with Gasteiger partial charge in [0, 0.05) is 19.1 Å². The van der Waals surface area contributed by atoms with Crippen molar-refractivity contribution < 1.29 is 21.6 Å². The van der Waals surface area contributed by atoms with E-state index >= 15 is 0 Å². The highest BCUT2D eigenvalue weighted by Gasteiger charge is 2.33. The van der Waals surface area contributed by atoms with Gasteiger partial charge in [0.2, 0.25) is 10.0 Å². The Balaban J connectivity index is 2.85. The first-order valence-electron chi connectivity index (χ1n) is 7.36. The summed E-state index contributed by atoms with van der Waals surface area (Å²) in [4.78, 5) is 1.61. The second-order valence-electron chi connectivity index (χ2n) is 5.61. The van der Waals surface area contributed by atoms with Gasteiger partial charge in [0.05, 0.1) is 10.5 Å². The van der Waals surface area contributed by atoms with Crippen molar-refractivity contribution in [2.45, 2.75) is 44.3 Å². The molecular formula is C15H23F3N2O2S. The van der Waals surface area contributed by atoms with Crippen LogP contribution in [-0.2, 0) is 16.2 Å². The Bertz CT molecular complexity index is 630. The minimum Gasteiger partial charge on any atom is -0.302 e. The van der Waals surface area contributed by atoms with E-state index in [2.05, 4.69) is 4.72 Å². The van der Waals surface area contributed by atoms with Gasteiger partial charge in [-0.25, -0.2) is 13.1 Å². The maximum atomic E-state index is 12.9. The van der Waals surface area contributed by atoms with E-state index in [1.54, 1.807) is 0 Å². The minimum absolute atomic E-state index is 0.00652. The van der Waals surface area contributed by atoms with E-state index in [0.29, 0.717) is 18.7 Å². The van der Waals surface area contributed by atoms with Gasteiger partial charge in [-0.1, -0.05) is 13.0 Å². The van der Waals surface area contributed by atoms with Gasteiger partial charge in [0.25, 0.3) is 0 Å². The van der Waals surface area contributed by atoms with Crippen molar-refractivity contribution >= 4 is 10.0 Å².